The summed E-state index contributed by atoms with van der Waals surface area (Å²) < 4.78 is 14.6. The predicted octanol–water partition coefficient (Wildman–Crippen LogP) is 1.74. The zero-order valence-corrected chi connectivity index (χ0v) is 10.4. The van der Waals surface area contributed by atoms with Crippen LogP contribution < -0.4 is 5.43 Å². The minimum absolute atomic E-state index is 0.128. The number of halogens is 1. The fraction of sp³-hybridized carbons (Fsp3) is 0.214. The number of hydrogen-bond acceptors (Lipinski definition) is 3. The van der Waals surface area contributed by atoms with E-state index in [-0.39, 0.29) is 12.3 Å². The van der Waals surface area contributed by atoms with Gasteiger partial charge in [-0.05, 0) is 24.6 Å². The number of hydrogen-bond donors (Lipinski definition) is 2. The molecule has 0 saturated heterocycles. The van der Waals surface area contributed by atoms with Crippen LogP contribution >= 0.6 is 0 Å². The van der Waals surface area contributed by atoms with Crippen molar-refractivity contribution >= 4 is 0 Å². The van der Waals surface area contributed by atoms with Crippen LogP contribution in [0, 0.1) is 12.7 Å². The number of nitrogens with zero attached hydrogens (tertiary/aromatic N) is 1. The molecule has 1 aromatic heterocycles. The highest BCUT2D eigenvalue weighted by Crippen LogP contribution is 2.18. The van der Waals surface area contributed by atoms with Gasteiger partial charge in [0.2, 0.25) is 5.43 Å². The first-order valence-electron chi connectivity index (χ1n) is 5.81. The molecule has 0 aliphatic carbocycles. The summed E-state index contributed by atoms with van der Waals surface area (Å²) in [5.41, 5.74) is 0.342. The van der Waals surface area contributed by atoms with E-state index in [1.165, 1.54) is 30.5 Å². The van der Waals surface area contributed by atoms with Crippen molar-refractivity contribution in [2.45, 2.75) is 19.6 Å². The molecule has 100 valence electrons. The number of rotatable bonds is 3. The second kappa shape index (κ2) is 5.24. The molecule has 0 saturated carbocycles. The van der Waals surface area contributed by atoms with Gasteiger partial charge in [0, 0.05) is 12.3 Å². The SMILES string of the molecule is Cc1c(O)c(=O)ccn1C[C@H](O)c1cccc(F)c1. The smallest absolute Gasteiger partial charge is 0.223 e. The van der Waals surface area contributed by atoms with Gasteiger partial charge in [-0.3, -0.25) is 4.79 Å². The molecule has 2 aromatic rings. The first-order valence-corrected chi connectivity index (χ1v) is 5.81. The standard InChI is InChI=1S/C14H14FNO3/c1-9-14(19)12(17)5-6-16(9)8-13(18)10-3-2-4-11(15)7-10/h2-7,13,18-19H,8H2,1H3/t13-/m0/s1. The summed E-state index contributed by atoms with van der Waals surface area (Å²) >= 11 is 0. The predicted molar refractivity (Wildman–Crippen MR) is 68.5 cm³/mol. The first kappa shape index (κ1) is 13.3. The van der Waals surface area contributed by atoms with Gasteiger partial charge >= 0.3 is 0 Å². The lowest BCUT2D eigenvalue weighted by molar-refractivity contribution is 0.154. The Morgan fingerprint density at radius 2 is 2.11 bits per heavy atom. The van der Waals surface area contributed by atoms with Crippen molar-refractivity contribution < 1.29 is 14.6 Å². The van der Waals surface area contributed by atoms with Gasteiger partial charge in [-0.1, -0.05) is 12.1 Å². The van der Waals surface area contributed by atoms with Gasteiger partial charge in [0.15, 0.2) is 5.75 Å². The van der Waals surface area contributed by atoms with Crippen LogP contribution in [0.2, 0.25) is 0 Å². The lowest BCUT2D eigenvalue weighted by Crippen LogP contribution is -2.14. The molecule has 2 rings (SSSR count). The summed E-state index contributed by atoms with van der Waals surface area (Å²) in [7, 11) is 0. The Labute approximate surface area is 109 Å². The summed E-state index contributed by atoms with van der Waals surface area (Å²) in [6, 6.07) is 6.91. The van der Waals surface area contributed by atoms with Gasteiger partial charge in [0.1, 0.15) is 5.82 Å². The van der Waals surface area contributed by atoms with Crippen LogP contribution in [0.15, 0.2) is 41.3 Å². The minimum atomic E-state index is -0.920. The van der Waals surface area contributed by atoms with E-state index in [4.69, 9.17) is 0 Å². The van der Waals surface area contributed by atoms with E-state index >= 15 is 0 Å². The molecule has 19 heavy (non-hydrogen) atoms. The summed E-state index contributed by atoms with van der Waals surface area (Å²) in [6.45, 7) is 1.71. The van der Waals surface area contributed by atoms with E-state index in [1.807, 2.05) is 0 Å². The molecule has 0 bridgehead atoms. The second-order valence-corrected chi connectivity index (χ2v) is 4.34. The highest BCUT2D eigenvalue weighted by atomic mass is 19.1. The molecule has 5 heteroatoms. The molecule has 1 heterocycles. The van der Waals surface area contributed by atoms with Crippen molar-refractivity contribution in [2.75, 3.05) is 0 Å². The summed E-state index contributed by atoms with van der Waals surface area (Å²) in [4.78, 5) is 11.2. The maximum Gasteiger partial charge on any atom is 0.223 e. The van der Waals surface area contributed by atoms with Gasteiger partial charge in [0.25, 0.3) is 0 Å². The van der Waals surface area contributed by atoms with Gasteiger partial charge in [-0.25, -0.2) is 4.39 Å². The minimum Gasteiger partial charge on any atom is -0.503 e. The number of benzene rings is 1. The van der Waals surface area contributed by atoms with Crippen LogP contribution in [-0.4, -0.2) is 14.8 Å². The van der Waals surface area contributed by atoms with E-state index in [1.54, 1.807) is 17.6 Å². The Balaban J connectivity index is 2.27. The van der Waals surface area contributed by atoms with Gasteiger partial charge in [-0.15, -0.1) is 0 Å². The van der Waals surface area contributed by atoms with E-state index in [0.717, 1.165) is 0 Å². The number of aromatic nitrogens is 1. The molecular weight excluding hydrogens is 249 g/mol. The van der Waals surface area contributed by atoms with Crippen molar-refractivity contribution in [1.82, 2.24) is 4.57 Å². The van der Waals surface area contributed by atoms with Crippen molar-refractivity contribution in [1.29, 1.82) is 0 Å². The molecule has 0 aliphatic heterocycles. The van der Waals surface area contributed by atoms with Gasteiger partial charge in [0.05, 0.1) is 18.3 Å². The van der Waals surface area contributed by atoms with E-state index in [0.29, 0.717) is 11.3 Å². The molecule has 0 unspecified atom stereocenters. The number of aromatic hydroxyl groups is 1. The maximum absolute atomic E-state index is 13.1. The van der Waals surface area contributed by atoms with Crippen LogP contribution in [0.4, 0.5) is 4.39 Å². The molecular formula is C14H14FNO3. The molecule has 2 N–H and O–H groups in total. The Hall–Kier alpha value is -2.14. The molecule has 0 amide bonds. The molecule has 1 aromatic carbocycles. The highest BCUT2D eigenvalue weighted by Gasteiger charge is 2.12. The maximum atomic E-state index is 13.1. The first-order chi connectivity index (χ1) is 8.99. The molecule has 0 aliphatic rings. The largest absolute Gasteiger partial charge is 0.503 e. The van der Waals surface area contributed by atoms with Crippen molar-refractivity contribution in [3.8, 4) is 5.75 Å². The molecule has 0 fully saturated rings. The fourth-order valence-electron chi connectivity index (χ4n) is 1.87. The third-order valence-corrected chi connectivity index (χ3v) is 3.02. The topological polar surface area (TPSA) is 62.5 Å². The fourth-order valence-corrected chi connectivity index (χ4v) is 1.87. The molecule has 0 spiro atoms. The lowest BCUT2D eigenvalue weighted by atomic mass is 10.1. The van der Waals surface area contributed by atoms with Gasteiger partial charge in [-0.2, -0.15) is 0 Å². The molecule has 0 radical (unpaired) electrons. The van der Waals surface area contributed by atoms with Crippen molar-refractivity contribution in [2.24, 2.45) is 0 Å². The van der Waals surface area contributed by atoms with E-state index in [9.17, 15) is 19.4 Å². The van der Waals surface area contributed by atoms with Crippen LogP contribution in [0.5, 0.6) is 5.75 Å². The lowest BCUT2D eigenvalue weighted by Gasteiger charge is -2.16. The number of pyridine rings is 1. The average molecular weight is 263 g/mol. The highest BCUT2D eigenvalue weighted by molar-refractivity contribution is 5.26. The third kappa shape index (κ3) is 2.82. The van der Waals surface area contributed by atoms with Crippen LogP contribution in [-0.2, 0) is 6.54 Å². The average Bonchev–Trinajstić information content (AvgIpc) is 2.39. The van der Waals surface area contributed by atoms with Crippen molar-refractivity contribution in [3.05, 3.63) is 63.8 Å². The monoisotopic (exact) mass is 263 g/mol. The summed E-state index contributed by atoms with van der Waals surface area (Å²) in [5, 5.41) is 19.6. The third-order valence-electron chi connectivity index (χ3n) is 3.02. The van der Waals surface area contributed by atoms with E-state index < -0.39 is 17.3 Å². The normalized spacial score (nSPS) is 12.4. The summed E-state index contributed by atoms with van der Waals surface area (Å²) in [5.74, 6) is -0.759. The summed E-state index contributed by atoms with van der Waals surface area (Å²) in [6.07, 6.45) is 0.566. The Bertz CT molecular complexity index is 651. The van der Waals surface area contributed by atoms with Gasteiger partial charge < -0.3 is 14.8 Å². The Morgan fingerprint density at radius 3 is 2.79 bits per heavy atom. The van der Waals surface area contributed by atoms with Crippen LogP contribution in [0.25, 0.3) is 0 Å². The quantitative estimate of drug-likeness (QED) is 0.886. The second-order valence-electron chi connectivity index (χ2n) is 4.34. The zero-order valence-electron chi connectivity index (χ0n) is 10.4. The van der Waals surface area contributed by atoms with Crippen LogP contribution in [0.3, 0.4) is 0 Å². The van der Waals surface area contributed by atoms with Crippen LogP contribution in [0.1, 0.15) is 17.4 Å². The van der Waals surface area contributed by atoms with Crippen molar-refractivity contribution in [3.63, 3.8) is 0 Å². The zero-order chi connectivity index (χ0) is 14.0. The number of aliphatic hydroxyl groups excluding tert-OH is 1. The molecule has 1 atom stereocenters. The van der Waals surface area contributed by atoms with E-state index in [2.05, 4.69) is 0 Å². The number of aliphatic hydroxyl groups is 1. The Kier molecular flexibility index (Phi) is 3.66. The molecule has 4 nitrogen and oxygen atoms in total. The Morgan fingerprint density at radius 1 is 1.37 bits per heavy atom.